The van der Waals surface area contributed by atoms with Crippen LogP contribution in [0, 0.1) is 0 Å². The molecule has 3 rings (SSSR count). The summed E-state index contributed by atoms with van der Waals surface area (Å²) in [6, 6.07) is 20.7. The van der Waals surface area contributed by atoms with Gasteiger partial charge in [0.15, 0.2) is 0 Å². The second-order valence-corrected chi connectivity index (χ2v) is 13.7. The molecule has 4 amide bonds. The lowest BCUT2D eigenvalue weighted by molar-refractivity contribution is -0.146. The van der Waals surface area contributed by atoms with E-state index in [1.54, 1.807) is 34.3 Å². The third-order valence-corrected chi connectivity index (χ3v) is 8.64. The molecular weight excluding hydrogens is 616 g/mol. The first-order valence-corrected chi connectivity index (χ1v) is 16.9. The first-order valence-electron chi connectivity index (χ1n) is 16.9. The van der Waals surface area contributed by atoms with Gasteiger partial charge in [0.25, 0.3) is 0 Å². The van der Waals surface area contributed by atoms with Gasteiger partial charge in [-0.25, -0.2) is 0 Å². The van der Waals surface area contributed by atoms with E-state index in [1.165, 1.54) is 20.8 Å². The molecule has 0 aliphatic carbocycles. The summed E-state index contributed by atoms with van der Waals surface area (Å²) in [7, 11) is 6.49. The summed E-state index contributed by atoms with van der Waals surface area (Å²) in [5, 5.41) is 5.03. The molecule has 49 heavy (non-hydrogen) atoms. The maximum Gasteiger partial charge on any atom is 0.246 e. The van der Waals surface area contributed by atoms with Gasteiger partial charge in [-0.1, -0.05) is 78.9 Å². The van der Waals surface area contributed by atoms with Gasteiger partial charge in [0, 0.05) is 46.6 Å². The number of fused-ring (bicyclic) bond motifs is 1. The number of amides is 4. The molecule has 0 aromatic heterocycles. The highest BCUT2D eigenvalue weighted by atomic mass is 16.2. The van der Waals surface area contributed by atoms with Crippen molar-refractivity contribution in [1.29, 1.82) is 0 Å². The van der Waals surface area contributed by atoms with Crippen LogP contribution in [-0.2, 0) is 32.0 Å². The van der Waals surface area contributed by atoms with Crippen LogP contribution in [0.25, 0.3) is 10.8 Å². The molecule has 10 nitrogen and oxygen atoms in total. The van der Waals surface area contributed by atoms with E-state index in [2.05, 4.69) is 5.32 Å². The monoisotopic (exact) mass is 670 g/mol. The second kappa shape index (κ2) is 18.3. The third kappa shape index (κ3) is 11.8. The zero-order chi connectivity index (χ0) is 36.1. The Labute approximate surface area is 291 Å². The summed E-state index contributed by atoms with van der Waals surface area (Å²) in [5.41, 5.74) is 13.0. The molecule has 3 aromatic carbocycles. The van der Waals surface area contributed by atoms with Gasteiger partial charge in [-0.3, -0.25) is 19.2 Å². The van der Waals surface area contributed by atoms with Crippen LogP contribution in [0.1, 0.15) is 50.7 Å². The number of nitrogens with one attached hydrogen (secondary N) is 1. The number of nitrogens with two attached hydrogens (primary N) is 2. The Morgan fingerprint density at radius 3 is 2.04 bits per heavy atom. The largest absolute Gasteiger partial charge is 0.347 e. The van der Waals surface area contributed by atoms with Gasteiger partial charge in [0.1, 0.15) is 18.1 Å². The first kappa shape index (κ1) is 38.9. The van der Waals surface area contributed by atoms with Crippen molar-refractivity contribution < 1.29 is 19.2 Å². The van der Waals surface area contributed by atoms with Gasteiger partial charge < -0.3 is 31.5 Å². The summed E-state index contributed by atoms with van der Waals surface area (Å²) in [6.45, 7) is 4.23. The minimum Gasteiger partial charge on any atom is -0.347 e. The van der Waals surface area contributed by atoms with Gasteiger partial charge in [-0.05, 0) is 74.1 Å². The normalized spacial score (nSPS) is 13.5. The highest BCUT2D eigenvalue weighted by molar-refractivity contribution is 5.96. The van der Waals surface area contributed by atoms with Crippen molar-refractivity contribution in [2.75, 3.05) is 34.7 Å². The number of hydrogen-bond acceptors (Lipinski definition) is 6. The number of unbranched alkanes of at least 4 members (excludes halogenated alkanes) is 1. The lowest BCUT2D eigenvalue weighted by Crippen LogP contribution is -2.58. The van der Waals surface area contributed by atoms with E-state index in [1.807, 2.05) is 86.6 Å². The Kier molecular flexibility index (Phi) is 14.5. The lowest BCUT2D eigenvalue weighted by Gasteiger charge is -2.35. The van der Waals surface area contributed by atoms with Crippen molar-refractivity contribution in [3.05, 3.63) is 96.1 Å². The third-order valence-electron chi connectivity index (χ3n) is 8.64. The van der Waals surface area contributed by atoms with Gasteiger partial charge in [-0.15, -0.1) is 0 Å². The van der Waals surface area contributed by atoms with E-state index < -0.39 is 35.5 Å². The number of nitrogens with zero attached hydrogens (tertiary/aromatic N) is 3. The fourth-order valence-corrected chi connectivity index (χ4v) is 5.67. The molecule has 0 unspecified atom stereocenters. The minimum atomic E-state index is -0.960. The van der Waals surface area contributed by atoms with Crippen LogP contribution in [0.3, 0.4) is 0 Å². The standard InChI is InChI=1S/C39H54N6O4/c1-39(2,41)23-14-20-35(46)44(5)34(27-29-21-22-30-17-10-11-18-31(30)25-29)38(49)45(6)33(26-28-15-8-7-9-16-28)36(47)42-32(19-12-13-24-40)37(48)43(3)4/h7-11,14-18,20-22,25,32-34H,12-13,19,23-24,26-27,40-41H2,1-6H3,(H,42,47)/b20-14+/t32-,33+,34+/m0/s1. The molecule has 0 heterocycles. The molecule has 0 saturated carbocycles. The zero-order valence-electron chi connectivity index (χ0n) is 29.9. The van der Waals surface area contributed by atoms with E-state index in [-0.39, 0.29) is 24.7 Å². The van der Waals surface area contributed by atoms with Gasteiger partial charge in [0.2, 0.25) is 23.6 Å². The molecule has 0 spiro atoms. The van der Waals surface area contributed by atoms with Crippen molar-refractivity contribution in [2.45, 2.75) is 76.0 Å². The fourth-order valence-electron chi connectivity index (χ4n) is 5.67. The SMILES string of the molecule is CN(C)C(=O)[C@H](CCCCN)NC(=O)[C@@H](Cc1ccccc1)N(C)C(=O)[C@@H](Cc1ccc2ccccc2c1)N(C)C(=O)/C=C/CC(C)(C)N. The van der Waals surface area contributed by atoms with E-state index in [0.717, 1.165) is 21.9 Å². The molecule has 0 fully saturated rings. The number of hydrogen-bond donors (Lipinski definition) is 3. The molecular formula is C39H54N6O4. The Morgan fingerprint density at radius 2 is 1.41 bits per heavy atom. The molecule has 3 aromatic rings. The number of likely N-dealkylation sites (N-methyl/N-ethyl adjacent to an activating group) is 3. The molecule has 0 aliphatic rings. The van der Waals surface area contributed by atoms with Crippen LogP contribution in [0.2, 0.25) is 0 Å². The Hall–Kier alpha value is -4.54. The van der Waals surface area contributed by atoms with Crippen molar-refractivity contribution in [1.82, 2.24) is 20.0 Å². The number of carbonyl (C=O) groups is 4. The van der Waals surface area contributed by atoms with Crippen molar-refractivity contribution >= 4 is 34.4 Å². The van der Waals surface area contributed by atoms with Crippen LogP contribution < -0.4 is 16.8 Å². The average Bonchev–Trinajstić information content (AvgIpc) is 3.07. The summed E-state index contributed by atoms with van der Waals surface area (Å²) in [4.78, 5) is 59.6. The van der Waals surface area contributed by atoms with Crippen molar-refractivity contribution in [3.63, 3.8) is 0 Å². The molecule has 0 aliphatic heterocycles. The van der Waals surface area contributed by atoms with E-state index in [9.17, 15) is 19.2 Å². The van der Waals surface area contributed by atoms with E-state index in [0.29, 0.717) is 32.2 Å². The maximum atomic E-state index is 14.6. The molecule has 10 heteroatoms. The fraction of sp³-hybridized carbons (Fsp3) is 0.436. The highest BCUT2D eigenvalue weighted by Crippen LogP contribution is 2.20. The van der Waals surface area contributed by atoms with Gasteiger partial charge >= 0.3 is 0 Å². The number of carbonyl (C=O) groups excluding carboxylic acids is 4. The van der Waals surface area contributed by atoms with Crippen molar-refractivity contribution in [2.24, 2.45) is 11.5 Å². The van der Waals surface area contributed by atoms with Gasteiger partial charge in [-0.2, -0.15) is 0 Å². The number of rotatable bonds is 17. The zero-order valence-corrected chi connectivity index (χ0v) is 29.9. The molecule has 0 bridgehead atoms. The topological polar surface area (TPSA) is 142 Å². The van der Waals surface area contributed by atoms with Crippen LogP contribution >= 0.6 is 0 Å². The Balaban J connectivity index is 2.00. The van der Waals surface area contributed by atoms with E-state index >= 15 is 0 Å². The van der Waals surface area contributed by atoms with Crippen LogP contribution in [-0.4, -0.2) is 96.7 Å². The molecule has 264 valence electrons. The first-order chi connectivity index (χ1) is 23.2. The molecule has 0 saturated heterocycles. The van der Waals surface area contributed by atoms with E-state index in [4.69, 9.17) is 11.5 Å². The van der Waals surface area contributed by atoms with Crippen LogP contribution in [0.4, 0.5) is 0 Å². The molecule has 5 N–H and O–H groups in total. The van der Waals surface area contributed by atoms with Crippen LogP contribution in [0.15, 0.2) is 84.9 Å². The summed E-state index contributed by atoms with van der Waals surface area (Å²) >= 11 is 0. The Bertz CT molecular complexity index is 1580. The smallest absolute Gasteiger partial charge is 0.246 e. The Morgan fingerprint density at radius 1 is 0.776 bits per heavy atom. The average molecular weight is 671 g/mol. The quantitative estimate of drug-likeness (QED) is 0.148. The van der Waals surface area contributed by atoms with Crippen LogP contribution in [0.5, 0.6) is 0 Å². The lowest BCUT2D eigenvalue weighted by atomic mass is 9.98. The highest BCUT2D eigenvalue weighted by Gasteiger charge is 2.36. The van der Waals surface area contributed by atoms with Crippen molar-refractivity contribution in [3.8, 4) is 0 Å². The summed E-state index contributed by atoms with van der Waals surface area (Å²) in [5.74, 6) is -1.43. The molecule has 3 atom stereocenters. The molecule has 0 radical (unpaired) electrons. The predicted octanol–water partition coefficient (Wildman–Crippen LogP) is 3.66. The summed E-state index contributed by atoms with van der Waals surface area (Å²) < 4.78 is 0. The number of benzene rings is 3. The minimum absolute atomic E-state index is 0.215. The maximum absolute atomic E-state index is 14.6. The second-order valence-electron chi connectivity index (χ2n) is 13.7. The summed E-state index contributed by atoms with van der Waals surface area (Å²) in [6.07, 6.45) is 5.89. The van der Waals surface area contributed by atoms with Gasteiger partial charge in [0.05, 0.1) is 0 Å². The predicted molar refractivity (Wildman–Crippen MR) is 196 cm³/mol.